The van der Waals surface area contributed by atoms with Crippen LogP contribution in [0.1, 0.15) is 21.0 Å². The van der Waals surface area contributed by atoms with E-state index < -0.39 is 0 Å². The summed E-state index contributed by atoms with van der Waals surface area (Å²) >= 11 is 1.53. The Kier molecular flexibility index (Phi) is 3.08. The maximum Gasteiger partial charge on any atom is 0.262 e. The number of aryl methyl sites for hydroxylation is 1. The summed E-state index contributed by atoms with van der Waals surface area (Å²) in [7, 11) is 0. The lowest BCUT2D eigenvalue weighted by atomic mass is 10.1. The number of carbonyl (C=O) groups is 1. The highest BCUT2D eigenvalue weighted by Gasteiger charge is 2.19. The van der Waals surface area contributed by atoms with E-state index in [0.29, 0.717) is 5.76 Å². The number of aromatic amines is 1. The third-order valence-electron chi connectivity index (χ3n) is 2.86. The molecule has 3 rings (SSSR count). The van der Waals surface area contributed by atoms with Crippen LogP contribution in [0.5, 0.6) is 0 Å². The van der Waals surface area contributed by atoms with Crippen LogP contribution in [-0.2, 0) is 0 Å². The summed E-state index contributed by atoms with van der Waals surface area (Å²) in [4.78, 5) is 31.4. The average Bonchev–Trinajstić information content (AvgIpc) is 3.03. The molecule has 3 aromatic rings. The number of allylic oxidation sites excluding steroid dienone is 1. The van der Waals surface area contributed by atoms with Crippen molar-refractivity contribution in [3.05, 3.63) is 56.5 Å². The third-order valence-corrected chi connectivity index (χ3v) is 3.70. The topological polar surface area (TPSA) is 76.0 Å². The molecule has 0 radical (unpaired) electrons. The van der Waals surface area contributed by atoms with E-state index in [4.69, 9.17) is 4.42 Å². The summed E-state index contributed by atoms with van der Waals surface area (Å²) in [5.74, 6) is 0.123. The van der Waals surface area contributed by atoms with Gasteiger partial charge in [-0.1, -0.05) is 6.07 Å². The Morgan fingerprint density at radius 1 is 1.50 bits per heavy atom. The molecular formula is C14H10N2O3S. The second kappa shape index (κ2) is 4.90. The van der Waals surface area contributed by atoms with Crippen LogP contribution in [0.15, 0.2) is 39.1 Å². The SMILES string of the molecule is Cc1oc2nc[nH]c(=O)c2c1C(=O)/C=C/c1cccs1. The number of carbonyl (C=O) groups excluding carboxylic acids is 1. The summed E-state index contributed by atoms with van der Waals surface area (Å²) in [6.07, 6.45) is 4.41. The minimum Gasteiger partial charge on any atom is -0.442 e. The molecule has 100 valence electrons. The van der Waals surface area contributed by atoms with Crippen molar-refractivity contribution in [2.45, 2.75) is 6.92 Å². The van der Waals surface area contributed by atoms with Crippen molar-refractivity contribution in [3.63, 3.8) is 0 Å². The average molecular weight is 286 g/mol. The van der Waals surface area contributed by atoms with Crippen LogP contribution in [0, 0.1) is 6.92 Å². The number of rotatable bonds is 3. The van der Waals surface area contributed by atoms with Gasteiger partial charge in [-0.2, -0.15) is 0 Å². The smallest absolute Gasteiger partial charge is 0.262 e. The largest absolute Gasteiger partial charge is 0.442 e. The van der Waals surface area contributed by atoms with Gasteiger partial charge >= 0.3 is 0 Å². The Hall–Kier alpha value is -2.47. The van der Waals surface area contributed by atoms with Gasteiger partial charge in [0, 0.05) is 4.88 Å². The molecule has 0 amide bonds. The fraction of sp³-hybridized carbons (Fsp3) is 0.0714. The predicted molar refractivity (Wildman–Crippen MR) is 77.1 cm³/mol. The zero-order valence-corrected chi connectivity index (χ0v) is 11.4. The molecule has 0 spiro atoms. The minimum absolute atomic E-state index is 0.180. The third kappa shape index (κ3) is 2.10. The Morgan fingerprint density at radius 3 is 3.10 bits per heavy atom. The molecule has 1 N–H and O–H groups in total. The van der Waals surface area contributed by atoms with Crippen LogP contribution < -0.4 is 5.56 Å². The van der Waals surface area contributed by atoms with Gasteiger partial charge in [-0.05, 0) is 30.5 Å². The molecule has 0 aliphatic rings. The maximum atomic E-state index is 12.3. The Balaban J connectivity index is 2.08. The molecule has 0 atom stereocenters. The van der Waals surface area contributed by atoms with Gasteiger partial charge < -0.3 is 9.40 Å². The van der Waals surface area contributed by atoms with Gasteiger partial charge in [0.2, 0.25) is 5.71 Å². The number of H-pyrrole nitrogens is 1. The van der Waals surface area contributed by atoms with Gasteiger partial charge in [0.15, 0.2) is 5.78 Å². The lowest BCUT2D eigenvalue weighted by Gasteiger charge is -1.92. The van der Waals surface area contributed by atoms with Gasteiger partial charge in [-0.25, -0.2) is 4.98 Å². The van der Waals surface area contributed by atoms with Crippen molar-refractivity contribution in [2.75, 3.05) is 0 Å². The van der Waals surface area contributed by atoms with Gasteiger partial charge in [0.05, 0.1) is 11.9 Å². The summed E-state index contributed by atoms with van der Waals surface area (Å²) in [6.45, 7) is 1.65. The molecular weight excluding hydrogens is 276 g/mol. The number of nitrogens with zero attached hydrogens (tertiary/aromatic N) is 1. The van der Waals surface area contributed by atoms with E-state index in [9.17, 15) is 9.59 Å². The predicted octanol–water partition coefficient (Wildman–Crippen LogP) is 2.78. The van der Waals surface area contributed by atoms with Crippen molar-refractivity contribution in [2.24, 2.45) is 0 Å². The number of fused-ring (bicyclic) bond motifs is 1. The Bertz CT molecular complexity index is 856. The van der Waals surface area contributed by atoms with E-state index in [1.807, 2.05) is 17.5 Å². The van der Waals surface area contributed by atoms with Crippen LogP contribution in [0.3, 0.4) is 0 Å². The van der Waals surface area contributed by atoms with Gasteiger partial charge in [0.25, 0.3) is 5.56 Å². The first-order valence-corrected chi connectivity index (χ1v) is 6.77. The zero-order valence-electron chi connectivity index (χ0n) is 10.5. The Morgan fingerprint density at radius 2 is 2.35 bits per heavy atom. The molecule has 5 nitrogen and oxygen atoms in total. The molecule has 0 aliphatic carbocycles. The highest BCUT2D eigenvalue weighted by Crippen LogP contribution is 2.22. The Labute approximate surface area is 117 Å². The second-order valence-corrected chi connectivity index (χ2v) is 5.14. The molecule has 0 aromatic carbocycles. The van der Waals surface area contributed by atoms with Crippen molar-refractivity contribution in [1.82, 2.24) is 9.97 Å². The molecule has 0 aliphatic heterocycles. The maximum absolute atomic E-state index is 12.3. The van der Waals surface area contributed by atoms with Crippen LogP contribution in [0.25, 0.3) is 17.2 Å². The second-order valence-electron chi connectivity index (χ2n) is 4.16. The normalized spacial score (nSPS) is 11.4. The number of furan rings is 1. The minimum atomic E-state index is -0.375. The quantitative estimate of drug-likeness (QED) is 0.593. The molecule has 6 heteroatoms. The van der Waals surface area contributed by atoms with Gasteiger partial charge in [-0.3, -0.25) is 9.59 Å². The number of hydrogen-bond acceptors (Lipinski definition) is 5. The van der Waals surface area contributed by atoms with E-state index in [1.165, 1.54) is 23.7 Å². The van der Waals surface area contributed by atoms with Crippen molar-refractivity contribution in [1.29, 1.82) is 0 Å². The van der Waals surface area contributed by atoms with Crippen LogP contribution in [0.2, 0.25) is 0 Å². The number of thiophene rings is 1. The van der Waals surface area contributed by atoms with Crippen molar-refractivity contribution < 1.29 is 9.21 Å². The number of hydrogen-bond donors (Lipinski definition) is 1. The number of ketones is 1. The molecule has 0 saturated heterocycles. The summed E-state index contributed by atoms with van der Waals surface area (Å²) in [5.41, 5.74) is 0.0704. The molecule has 0 unspecified atom stereocenters. The van der Waals surface area contributed by atoms with Crippen molar-refractivity contribution >= 4 is 34.3 Å². The van der Waals surface area contributed by atoms with E-state index in [-0.39, 0.29) is 28.0 Å². The highest BCUT2D eigenvalue weighted by atomic mass is 32.1. The van der Waals surface area contributed by atoms with Crippen LogP contribution in [-0.4, -0.2) is 15.8 Å². The van der Waals surface area contributed by atoms with Crippen LogP contribution >= 0.6 is 11.3 Å². The summed E-state index contributed by atoms with van der Waals surface area (Å²) < 4.78 is 5.35. The first-order valence-electron chi connectivity index (χ1n) is 5.89. The fourth-order valence-corrected chi connectivity index (χ4v) is 2.60. The zero-order chi connectivity index (χ0) is 14.1. The van der Waals surface area contributed by atoms with Gasteiger partial charge in [0.1, 0.15) is 11.1 Å². The highest BCUT2D eigenvalue weighted by molar-refractivity contribution is 7.10. The monoisotopic (exact) mass is 286 g/mol. The van der Waals surface area contributed by atoms with E-state index in [0.717, 1.165) is 4.88 Å². The van der Waals surface area contributed by atoms with E-state index in [1.54, 1.807) is 13.0 Å². The first-order chi connectivity index (χ1) is 9.66. The summed E-state index contributed by atoms with van der Waals surface area (Å²) in [5, 5.41) is 2.13. The first kappa shape index (κ1) is 12.6. The molecule has 3 aromatic heterocycles. The molecule has 0 saturated carbocycles. The molecule has 3 heterocycles. The summed E-state index contributed by atoms with van der Waals surface area (Å²) in [6, 6.07) is 3.81. The fourth-order valence-electron chi connectivity index (χ4n) is 1.98. The number of nitrogens with one attached hydrogen (secondary N) is 1. The van der Waals surface area contributed by atoms with E-state index in [2.05, 4.69) is 9.97 Å². The molecule has 20 heavy (non-hydrogen) atoms. The molecule has 0 fully saturated rings. The van der Waals surface area contributed by atoms with Gasteiger partial charge in [-0.15, -0.1) is 11.3 Å². The lowest BCUT2D eigenvalue weighted by molar-refractivity contribution is 0.104. The van der Waals surface area contributed by atoms with E-state index >= 15 is 0 Å². The van der Waals surface area contributed by atoms with Crippen LogP contribution in [0.4, 0.5) is 0 Å². The standard InChI is InChI=1S/C14H10N2O3S/c1-8-11(10(17)5-4-9-3-2-6-20-9)12-13(18)15-7-16-14(12)19-8/h2-7H,1H3,(H,15,16,18)/b5-4+. The van der Waals surface area contributed by atoms with Crippen molar-refractivity contribution in [3.8, 4) is 0 Å². The number of aromatic nitrogens is 2. The lowest BCUT2D eigenvalue weighted by Crippen LogP contribution is -2.09. The molecule has 0 bridgehead atoms.